The summed E-state index contributed by atoms with van der Waals surface area (Å²) in [5.41, 5.74) is 0.925. The Hall–Kier alpha value is -1.02. The first kappa shape index (κ1) is 14.0. The number of rotatable bonds is 6. The van der Waals surface area contributed by atoms with E-state index in [4.69, 9.17) is 11.6 Å². The van der Waals surface area contributed by atoms with Crippen molar-refractivity contribution in [2.75, 3.05) is 0 Å². The van der Waals surface area contributed by atoms with Crippen LogP contribution >= 0.6 is 11.6 Å². The number of carboxylic acid groups (broad SMARTS) is 1. The highest BCUT2D eigenvalue weighted by Crippen LogP contribution is 2.26. The molecule has 0 saturated carbocycles. The van der Waals surface area contributed by atoms with Gasteiger partial charge in [0, 0.05) is 5.02 Å². The minimum absolute atomic E-state index is 0.212. The number of hydrogen-bond acceptors (Lipinski definition) is 1. The van der Waals surface area contributed by atoms with Crippen LogP contribution in [0.2, 0.25) is 5.02 Å². The van der Waals surface area contributed by atoms with Gasteiger partial charge in [0.1, 0.15) is 0 Å². The maximum absolute atomic E-state index is 11.3. The van der Waals surface area contributed by atoms with E-state index < -0.39 is 5.97 Å². The van der Waals surface area contributed by atoms with Gasteiger partial charge in [-0.2, -0.15) is 0 Å². The highest BCUT2D eigenvalue weighted by atomic mass is 35.5. The lowest BCUT2D eigenvalue weighted by molar-refractivity contribution is -0.143. The second-order valence-corrected chi connectivity index (χ2v) is 4.72. The summed E-state index contributed by atoms with van der Waals surface area (Å²) in [7, 11) is 0. The molecule has 94 valence electrons. The average Bonchev–Trinajstić information content (AvgIpc) is 2.31. The molecule has 0 radical (unpaired) electrons. The summed E-state index contributed by atoms with van der Waals surface area (Å²) in [4.78, 5) is 11.3. The van der Waals surface area contributed by atoms with Gasteiger partial charge in [-0.1, -0.05) is 56.5 Å². The lowest BCUT2D eigenvalue weighted by Crippen LogP contribution is -2.25. The quantitative estimate of drug-likeness (QED) is 0.833. The highest BCUT2D eigenvalue weighted by Gasteiger charge is 2.26. The number of halogens is 1. The summed E-state index contributed by atoms with van der Waals surface area (Å²) >= 11 is 6.07. The minimum atomic E-state index is -0.724. The predicted octanol–water partition coefficient (Wildman–Crippen LogP) is 4.02. The molecule has 17 heavy (non-hydrogen) atoms. The molecule has 1 rings (SSSR count). The maximum atomic E-state index is 11.3. The molecule has 0 heterocycles. The molecule has 2 nitrogen and oxygen atoms in total. The first-order chi connectivity index (χ1) is 8.10. The summed E-state index contributed by atoms with van der Waals surface area (Å²) < 4.78 is 0. The van der Waals surface area contributed by atoms with E-state index >= 15 is 0 Å². The summed E-state index contributed by atoms with van der Waals surface area (Å²) in [5.74, 6) is -0.854. The van der Waals surface area contributed by atoms with Gasteiger partial charge in [0.15, 0.2) is 0 Å². The van der Waals surface area contributed by atoms with Gasteiger partial charge in [-0.15, -0.1) is 0 Å². The van der Waals surface area contributed by atoms with Crippen molar-refractivity contribution in [2.45, 2.75) is 33.1 Å². The van der Waals surface area contributed by atoms with Gasteiger partial charge < -0.3 is 5.11 Å². The Kier molecular flexibility index (Phi) is 5.49. The lowest BCUT2D eigenvalue weighted by atomic mass is 9.83. The maximum Gasteiger partial charge on any atom is 0.307 e. The van der Waals surface area contributed by atoms with Gasteiger partial charge in [0.05, 0.1) is 5.92 Å². The molecule has 0 aliphatic heterocycles. The van der Waals surface area contributed by atoms with Crippen molar-refractivity contribution in [3.63, 3.8) is 0 Å². The van der Waals surface area contributed by atoms with Crippen LogP contribution in [0, 0.1) is 11.8 Å². The van der Waals surface area contributed by atoms with Gasteiger partial charge in [-0.25, -0.2) is 0 Å². The molecular weight excluding hydrogens is 236 g/mol. The average molecular weight is 255 g/mol. The third kappa shape index (κ3) is 3.74. The molecule has 1 aromatic rings. The van der Waals surface area contributed by atoms with E-state index in [2.05, 4.69) is 0 Å². The number of hydrogen-bond donors (Lipinski definition) is 1. The van der Waals surface area contributed by atoms with E-state index in [-0.39, 0.29) is 11.8 Å². The topological polar surface area (TPSA) is 37.3 Å². The fraction of sp³-hybridized carbons (Fsp3) is 0.500. The van der Waals surface area contributed by atoms with Crippen molar-refractivity contribution >= 4 is 17.6 Å². The fourth-order valence-corrected chi connectivity index (χ4v) is 2.43. The van der Waals surface area contributed by atoms with Crippen molar-refractivity contribution in [2.24, 2.45) is 11.8 Å². The van der Waals surface area contributed by atoms with Crippen LogP contribution in [-0.2, 0) is 11.2 Å². The molecule has 0 bridgehead atoms. The number of benzene rings is 1. The van der Waals surface area contributed by atoms with E-state index in [1.54, 1.807) is 0 Å². The molecule has 0 fully saturated rings. The SMILES string of the molecule is CCC(CC)C(Cc1ccccc1Cl)C(=O)O. The Morgan fingerprint density at radius 2 is 1.88 bits per heavy atom. The standard InChI is InChI=1S/C14H19ClO2/c1-3-10(4-2)12(14(16)17)9-11-7-5-6-8-13(11)15/h5-8,10,12H,3-4,9H2,1-2H3,(H,16,17). The van der Waals surface area contributed by atoms with Gasteiger partial charge in [-0.05, 0) is 24.0 Å². The molecule has 3 heteroatoms. The zero-order valence-corrected chi connectivity index (χ0v) is 11.1. The zero-order valence-electron chi connectivity index (χ0n) is 10.3. The first-order valence-electron chi connectivity index (χ1n) is 6.06. The molecule has 0 amide bonds. The molecule has 0 saturated heterocycles. The van der Waals surface area contributed by atoms with Crippen LogP contribution < -0.4 is 0 Å². The van der Waals surface area contributed by atoms with E-state index in [1.165, 1.54) is 0 Å². The monoisotopic (exact) mass is 254 g/mol. The van der Waals surface area contributed by atoms with Crippen molar-refractivity contribution in [3.8, 4) is 0 Å². The van der Waals surface area contributed by atoms with Crippen LogP contribution in [-0.4, -0.2) is 11.1 Å². The van der Waals surface area contributed by atoms with Crippen molar-refractivity contribution in [1.82, 2.24) is 0 Å². The summed E-state index contributed by atoms with van der Waals surface area (Å²) in [6, 6.07) is 7.47. The largest absolute Gasteiger partial charge is 0.481 e. The minimum Gasteiger partial charge on any atom is -0.481 e. The molecule has 0 aliphatic carbocycles. The van der Waals surface area contributed by atoms with Crippen LogP contribution in [0.3, 0.4) is 0 Å². The summed E-state index contributed by atoms with van der Waals surface area (Å²) in [5, 5.41) is 9.97. The molecule has 1 N–H and O–H groups in total. The Bertz CT molecular complexity index is 372. The van der Waals surface area contributed by atoms with Crippen LogP contribution in [0.4, 0.5) is 0 Å². The van der Waals surface area contributed by atoms with Gasteiger partial charge in [0.2, 0.25) is 0 Å². The van der Waals surface area contributed by atoms with Gasteiger partial charge in [-0.3, -0.25) is 4.79 Å². The van der Waals surface area contributed by atoms with E-state index in [0.29, 0.717) is 11.4 Å². The Morgan fingerprint density at radius 3 is 2.35 bits per heavy atom. The molecule has 1 unspecified atom stereocenters. The summed E-state index contributed by atoms with van der Waals surface area (Å²) in [6.45, 7) is 4.08. The lowest BCUT2D eigenvalue weighted by Gasteiger charge is -2.21. The van der Waals surface area contributed by atoms with Crippen LogP contribution in [0.25, 0.3) is 0 Å². The first-order valence-corrected chi connectivity index (χ1v) is 6.44. The predicted molar refractivity (Wildman–Crippen MR) is 70.4 cm³/mol. The number of carboxylic acids is 1. The summed E-state index contributed by atoms with van der Waals surface area (Å²) in [6.07, 6.45) is 2.29. The smallest absolute Gasteiger partial charge is 0.307 e. The van der Waals surface area contributed by atoms with Crippen molar-refractivity contribution < 1.29 is 9.90 Å². The van der Waals surface area contributed by atoms with Crippen molar-refractivity contribution in [1.29, 1.82) is 0 Å². The van der Waals surface area contributed by atoms with Crippen LogP contribution in [0.5, 0.6) is 0 Å². The molecule has 1 aromatic carbocycles. The van der Waals surface area contributed by atoms with Crippen LogP contribution in [0.1, 0.15) is 32.3 Å². The highest BCUT2D eigenvalue weighted by molar-refractivity contribution is 6.31. The fourth-order valence-electron chi connectivity index (χ4n) is 2.21. The van der Waals surface area contributed by atoms with Crippen LogP contribution in [0.15, 0.2) is 24.3 Å². The molecular formula is C14H19ClO2. The van der Waals surface area contributed by atoms with Gasteiger partial charge >= 0.3 is 5.97 Å². The second-order valence-electron chi connectivity index (χ2n) is 4.32. The Labute approximate surface area is 108 Å². The number of aliphatic carboxylic acids is 1. The zero-order chi connectivity index (χ0) is 12.8. The second kappa shape index (κ2) is 6.65. The molecule has 0 aliphatic rings. The third-order valence-corrected chi connectivity index (χ3v) is 3.70. The number of carbonyl (C=O) groups is 1. The van der Waals surface area contributed by atoms with E-state index in [0.717, 1.165) is 18.4 Å². The molecule has 1 atom stereocenters. The Balaban J connectivity index is 2.87. The molecule has 0 aromatic heterocycles. The van der Waals surface area contributed by atoms with E-state index in [9.17, 15) is 9.90 Å². The van der Waals surface area contributed by atoms with Crippen molar-refractivity contribution in [3.05, 3.63) is 34.9 Å². The normalized spacial score (nSPS) is 12.7. The van der Waals surface area contributed by atoms with Gasteiger partial charge in [0.25, 0.3) is 0 Å². The Morgan fingerprint density at radius 1 is 1.29 bits per heavy atom. The third-order valence-electron chi connectivity index (χ3n) is 3.33. The van der Waals surface area contributed by atoms with E-state index in [1.807, 2.05) is 38.1 Å². The molecule has 0 spiro atoms.